The first kappa shape index (κ1) is 15.4. The van der Waals surface area contributed by atoms with E-state index in [9.17, 15) is 15.2 Å². The summed E-state index contributed by atoms with van der Waals surface area (Å²) in [6.07, 6.45) is 2.45. The molecule has 2 atom stereocenters. The molecule has 2 heterocycles. The quantitative estimate of drug-likeness (QED) is 0.625. The first-order valence-electron chi connectivity index (χ1n) is 7.20. The van der Waals surface area contributed by atoms with Gasteiger partial charge in [-0.1, -0.05) is 13.8 Å². The minimum Gasteiger partial charge on any atom is -0.391 e. The van der Waals surface area contributed by atoms with Crippen LogP contribution >= 0.6 is 0 Å². The molecular formula is C13H21N5O3. The van der Waals surface area contributed by atoms with E-state index in [4.69, 9.17) is 0 Å². The number of nitrogens with one attached hydrogen (secondary N) is 1. The number of hydrogen-bond donors (Lipinski definition) is 2. The summed E-state index contributed by atoms with van der Waals surface area (Å²) >= 11 is 0. The van der Waals surface area contributed by atoms with Gasteiger partial charge in [0.2, 0.25) is 11.6 Å². The molecule has 0 spiro atoms. The van der Waals surface area contributed by atoms with Gasteiger partial charge in [0.25, 0.3) is 0 Å². The molecule has 0 aliphatic carbocycles. The summed E-state index contributed by atoms with van der Waals surface area (Å²) in [4.78, 5) is 20.7. The molecule has 0 amide bonds. The standard InChI is InChI=1S/C13H21N5O3/c1-3-5-14-12-11(18(20)21)13(16-8-15-12)17-6-4-9(2)10(19)7-17/h8-10,19H,3-7H2,1-2H3,(H,14,15,16). The van der Waals surface area contributed by atoms with Crippen LogP contribution in [-0.2, 0) is 0 Å². The number of β-amino-alcohol motifs (C(OH)–C–C–N with tert-alkyl or cyclic N) is 1. The topological polar surface area (TPSA) is 104 Å². The maximum Gasteiger partial charge on any atom is 0.353 e. The molecule has 0 aromatic carbocycles. The van der Waals surface area contributed by atoms with Crippen LogP contribution in [0.4, 0.5) is 17.3 Å². The highest BCUT2D eigenvalue weighted by molar-refractivity contribution is 5.70. The van der Waals surface area contributed by atoms with Crippen molar-refractivity contribution >= 4 is 17.3 Å². The average molecular weight is 295 g/mol. The molecule has 2 unspecified atom stereocenters. The Bertz CT molecular complexity index is 511. The lowest BCUT2D eigenvalue weighted by Crippen LogP contribution is -2.43. The largest absolute Gasteiger partial charge is 0.391 e. The molecular weight excluding hydrogens is 274 g/mol. The van der Waals surface area contributed by atoms with Gasteiger partial charge in [-0.15, -0.1) is 0 Å². The van der Waals surface area contributed by atoms with Crippen molar-refractivity contribution in [2.45, 2.75) is 32.8 Å². The second kappa shape index (κ2) is 6.66. The van der Waals surface area contributed by atoms with Crippen LogP contribution in [0.5, 0.6) is 0 Å². The van der Waals surface area contributed by atoms with Gasteiger partial charge in [-0.3, -0.25) is 10.1 Å². The molecule has 116 valence electrons. The molecule has 1 fully saturated rings. The molecule has 0 saturated carbocycles. The van der Waals surface area contributed by atoms with Crippen LogP contribution in [0, 0.1) is 16.0 Å². The number of aliphatic hydroxyl groups is 1. The minimum absolute atomic E-state index is 0.118. The van der Waals surface area contributed by atoms with Crippen LogP contribution in [0.3, 0.4) is 0 Å². The predicted octanol–water partition coefficient (Wildman–Crippen LogP) is 1.41. The van der Waals surface area contributed by atoms with Crippen molar-refractivity contribution in [2.75, 3.05) is 29.9 Å². The molecule has 2 rings (SSSR count). The highest BCUT2D eigenvalue weighted by atomic mass is 16.6. The van der Waals surface area contributed by atoms with Crippen LogP contribution in [0.1, 0.15) is 26.7 Å². The number of aliphatic hydroxyl groups excluding tert-OH is 1. The molecule has 1 aliphatic rings. The smallest absolute Gasteiger partial charge is 0.353 e. The van der Waals surface area contributed by atoms with E-state index < -0.39 is 11.0 Å². The number of anilines is 2. The SMILES string of the molecule is CCCNc1ncnc(N2CCC(C)C(O)C2)c1[N+](=O)[O-]. The van der Waals surface area contributed by atoms with E-state index >= 15 is 0 Å². The number of nitro groups is 1. The summed E-state index contributed by atoms with van der Waals surface area (Å²) in [6, 6.07) is 0. The highest BCUT2D eigenvalue weighted by Crippen LogP contribution is 2.33. The molecule has 1 saturated heterocycles. The number of hydrogen-bond acceptors (Lipinski definition) is 7. The lowest BCUT2D eigenvalue weighted by Gasteiger charge is -2.34. The maximum absolute atomic E-state index is 11.4. The molecule has 2 N–H and O–H groups in total. The van der Waals surface area contributed by atoms with E-state index in [1.165, 1.54) is 6.33 Å². The van der Waals surface area contributed by atoms with Crippen molar-refractivity contribution in [1.29, 1.82) is 0 Å². The summed E-state index contributed by atoms with van der Waals surface area (Å²) in [5, 5.41) is 24.3. The Morgan fingerprint density at radius 3 is 2.95 bits per heavy atom. The molecule has 0 radical (unpaired) electrons. The number of aromatic nitrogens is 2. The average Bonchev–Trinajstić information content (AvgIpc) is 2.47. The van der Waals surface area contributed by atoms with Gasteiger partial charge >= 0.3 is 5.69 Å². The number of nitrogens with zero attached hydrogens (tertiary/aromatic N) is 4. The summed E-state index contributed by atoms with van der Waals surface area (Å²) in [5.74, 6) is 0.708. The predicted molar refractivity (Wildman–Crippen MR) is 79.5 cm³/mol. The second-order valence-electron chi connectivity index (χ2n) is 5.36. The molecule has 8 nitrogen and oxygen atoms in total. The number of rotatable bonds is 5. The number of piperidine rings is 1. The van der Waals surface area contributed by atoms with Crippen LogP contribution in [0.15, 0.2) is 6.33 Å². The fourth-order valence-corrected chi connectivity index (χ4v) is 2.38. The Labute approximate surface area is 123 Å². The molecule has 1 aromatic heterocycles. The summed E-state index contributed by atoms with van der Waals surface area (Å²) in [6.45, 7) is 5.56. The van der Waals surface area contributed by atoms with E-state index in [1.807, 2.05) is 13.8 Å². The minimum atomic E-state index is -0.500. The van der Waals surface area contributed by atoms with Gasteiger partial charge in [0.15, 0.2) is 0 Å². The van der Waals surface area contributed by atoms with Gasteiger partial charge in [0.1, 0.15) is 6.33 Å². The van der Waals surface area contributed by atoms with Crippen molar-refractivity contribution in [3.8, 4) is 0 Å². The molecule has 1 aliphatic heterocycles. The van der Waals surface area contributed by atoms with Crippen molar-refractivity contribution in [2.24, 2.45) is 5.92 Å². The fraction of sp³-hybridized carbons (Fsp3) is 0.692. The van der Waals surface area contributed by atoms with E-state index in [2.05, 4.69) is 15.3 Å². The van der Waals surface area contributed by atoms with Gasteiger partial charge in [-0.25, -0.2) is 9.97 Å². The Morgan fingerprint density at radius 1 is 1.57 bits per heavy atom. The van der Waals surface area contributed by atoms with E-state index in [1.54, 1.807) is 4.90 Å². The van der Waals surface area contributed by atoms with Gasteiger partial charge in [-0.05, 0) is 18.8 Å². The molecule has 21 heavy (non-hydrogen) atoms. The normalized spacial score (nSPS) is 22.1. The van der Waals surface area contributed by atoms with Gasteiger partial charge in [0.05, 0.1) is 11.0 Å². The van der Waals surface area contributed by atoms with Crippen LogP contribution < -0.4 is 10.2 Å². The monoisotopic (exact) mass is 295 g/mol. The maximum atomic E-state index is 11.4. The van der Waals surface area contributed by atoms with E-state index in [0.29, 0.717) is 19.6 Å². The Balaban J connectivity index is 2.32. The lowest BCUT2D eigenvalue weighted by atomic mass is 9.96. The zero-order valence-corrected chi connectivity index (χ0v) is 12.3. The van der Waals surface area contributed by atoms with Crippen molar-refractivity contribution in [1.82, 2.24) is 9.97 Å². The highest BCUT2D eigenvalue weighted by Gasteiger charge is 2.31. The van der Waals surface area contributed by atoms with Gasteiger partial charge in [0, 0.05) is 19.6 Å². The van der Waals surface area contributed by atoms with Crippen LogP contribution in [0.25, 0.3) is 0 Å². The zero-order chi connectivity index (χ0) is 15.4. The van der Waals surface area contributed by atoms with Crippen LogP contribution in [-0.4, -0.2) is 45.7 Å². The third-order valence-corrected chi connectivity index (χ3v) is 3.75. The second-order valence-corrected chi connectivity index (χ2v) is 5.36. The third kappa shape index (κ3) is 3.38. The molecule has 8 heteroatoms. The summed E-state index contributed by atoms with van der Waals surface area (Å²) in [5.41, 5.74) is -0.118. The van der Waals surface area contributed by atoms with E-state index in [0.717, 1.165) is 12.8 Å². The molecule has 1 aromatic rings. The molecule has 0 bridgehead atoms. The third-order valence-electron chi connectivity index (χ3n) is 3.75. The lowest BCUT2D eigenvalue weighted by molar-refractivity contribution is -0.383. The van der Waals surface area contributed by atoms with Crippen LogP contribution in [0.2, 0.25) is 0 Å². The first-order chi connectivity index (χ1) is 10.0. The summed E-state index contributed by atoms with van der Waals surface area (Å²) < 4.78 is 0. The zero-order valence-electron chi connectivity index (χ0n) is 12.3. The van der Waals surface area contributed by atoms with Gasteiger partial charge < -0.3 is 15.3 Å². The van der Waals surface area contributed by atoms with E-state index in [-0.39, 0.29) is 23.2 Å². The Hall–Kier alpha value is -1.96. The van der Waals surface area contributed by atoms with Gasteiger partial charge in [-0.2, -0.15) is 0 Å². The van der Waals surface area contributed by atoms with Crippen molar-refractivity contribution in [3.05, 3.63) is 16.4 Å². The van der Waals surface area contributed by atoms with Crippen molar-refractivity contribution < 1.29 is 10.0 Å². The Kier molecular flexibility index (Phi) is 4.89. The van der Waals surface area contributed by atoms with Crippen molar-refractivity contribution in [3.63, 3.8) is 0 Å². The first-order valence-corrected chi connectivity index (χ1v) is 7.20. The fourth-order valence-electron chi connectivity index (χ4n) is 2.38. The Morgan fingerprint density at radius 2 is 2.33 bits per heavy atom. The summed E-state index contributed by atoms with van der Waals surface area (Å²) in [7, 11) is 0.